The first-order chi connectivity index (χ1) is 9.56. The summed E-state index contributed by atoms with van der Waals surface area (Å²) < 4.78 is 0.885. The molecule has 0 heterocycles. The maximum Gasteiger partial charge on any atom is 0.314 e. The molecule has 0 aliphatic heterocycles. The molecule has 2 N–H and O–H groups in total. The molecule has 0 atom stereocenters. The number of nitrogens with one attached hydrogen (secondary N) is 2. The Morgan fingerprint density at radius 1 is 0.900 bits per heavy atom. The predicted octanol–water partition coefficient (Wildman–Crippen LogP) is 3.68. The SMILES string of the molecule is O=C(Nc1ccc(Br)cc1)C(=O)Nc1ccccc1Cl. The Balaban J connectivity index is 2.01. The first kappa shape index (κ1) is 14.6. The van der Waals surface area contributed by atoms with Crippen LogP contribution in [0.4, 0.5) is 11.4 Å². The summed E-state index contributed by atoms with van der Waals surface area (Å²) in [6, 6.07) is 13.6. The smallest absolute Gasteiger partial charge is 0.314 e. The zero-order valence-corrected chi connectivity index (χ0v) is 12.5. The molecule has 0 aliphatic carbocycles. The van der Waals surface area contributed by atoms with Crippen molar-refractivity contribution in [2.24, 2.45) is 0 Å². The molecular weight excluding hydrogens is 344 g/mol. The van der Waals surface area contributed by atoms with Gasteiger partial charge in [-0.15, -0.1) is 0 Å². The second-order valence-electron chi connectivity index (χ2n) is 3.89. The van der Waals surface area contributed by atoms with Crippen LogP contribution in [0.2, 0.25) is 5.02 Å². The van der Waals surface area contributed by atoms with Crippen LogP contribution in [0.1, 0.15) is 0 Å². The summed E-state index contributed by atoms with van der Waals surface area (Å²) in [5.74, 6) is -1.53. The molecular formula is C14H10BrClN2O2. The zero-order chi connectivity index (χ0) is 14.5. The summed E-state index contributed by atoms with van der Waals surface area (Å²) in [5, 5.41) is 5.32. The van der Waals surface area contributed by atoms with Gasteiger partial charge in [0.05, 0.1) is 10.7 Å². The standard InChI is InChI=1S/C14H10BrClN2O2/c15-9-5-7-10(8-6-9)17-13(19)14(20)18-12-4-2-1-3-11(12)16/h1-8H,(H,17,19)(H,18,20). The Morgan fingerprint density at radius 2 is 1.50 bits per heavy atom. The van der Waals surface area contributed by atoms with Crippen molar-refractivity contribution in [3.63, 3.8) is 0 Å². The van der Waals surface area contributed by atoms with E-state index >= 15 is 0 Å². The minimum Gasteiger partial charge on any atom is -0.318 e. The lowest BCUT2D eigenvalue weighted by molar-refractivity contribution is -0.132. The average Bonchev–Trinajstić information content (AvgIpc) is 2.44. The van der Waals surface area contributed by atoms with Crippen LogP contribution >= 0.6 is 27.5 Å². The highest BCUT2D eigenvalue weighted by Crippen LogP contribution is 2.20. The molecule has 0 spiro atoms. The molecule has 6 heteroatoms. The summed E-state index contributed by atoms with van der Waals surface area (Å²) in [6.45, 7) is 0. The second-order valence-corrected chi connectivity index (χ2v) is 5.22. The molecule has 0 unspecified atom stereocenters. The van der Waals surface area contributed by atoms with Gasteiger partial charge in [0.2, 0.25) is 0 Å². The summed E-state index contributed by atoms with van der Waals surface area (Å²) in [6.07, 6.45) is 0. The lowest BCUT2D eigenvalue weighted by Gasteiger charge is -2.07. The average molecular weight is 354 g/mol. The predicted molar refractivity (Wildman–Crippen MR) is 82.9 cm³/mol. The van der Waals surface area contributed by atoms with Crippen LogP contribution in [-0.4, -0.2) is 11.8 Å². The summed E-state index contributed by atoms with van der Waals surface area (Å²) in [4.78, 5) is 23.5. The molecule has 0 saturated carbocycles. The maximum atomic E-state index is 11.7. The quantitative estimate of drug-likeness (QED) is 0.809. The van der Waals surface area contributed by atoms with Crippen molar-refractivity contribution < 1.29 is 9.59 Å². The van der Waals surface area contributed by atoms with Crippen LogP contribution in [0.3, 0.4) is 0 Å². The topological polar surface area (TPSA) is 58.2 Å². The van der Waals surface area contributed by atoms with Crippen LogP contribution < -0.4 is 10.6 Å². The van der Waals surface area contributed by atoms with Crippen molar-refractivity contribution in [3.05, 3.63) is 58.0 Å². The number of para-hydroxylation sites is 1. The molecule has 4 nitrogen and oxygen atoms in total. The molecule has 0 bridgehead atoms. The lowest BCUT2D eigenvalue weighted by Crippen LogP contribution is -2.29. The van der Waals surface area contributed by atoms with Crippen molar-refractivity contribution in [2.75, 3.05) is 10.6 Å². The highest BCUT2D eigenvalue weighted by molar-refractivity contribution is 9.10. The number of carbonyl (C=O) groups excluding carboxylic acids is 2. The Kier molecular flexibility index (Phi) is 4.76. The van der Waals surface area contributed by atoms with Gasteiger partial charge in [0.15, 0.2) is 0 Å². The fourth-order valence-corrected chi connectivity index (χ4v) is 1.91. The Labute approximate surface area is 129 Å². The van der Waals surface area contributed by atoms with Gasteiger partial charge in [-0.3, -0.25) is 9.59 Å². The molecule has 0 radical (unpaired) electrons. The monoisotopic (exact) mass is 352 g/mol. The highest BCUT2D eigenvalue weighted by Gasteiger charge is 2.15. The van der Waals surface area contributed by atoms with Gasteiger partial charge in [-0.1, -0.05) is 39.7 Å². The van der Waals surface area contributed by atoms with Gasteiger partial charge >= 0.3 is 11.8 Å². The minimum absolute atomic E-state index is 0.372. The molecule has 0 aromatic heterocycles. The van der Waals surface area contributed by atoms with Crippen molar-refractivity contribution in [1.29, 1.82) is 0 Å². The van der Waals surface area contributed by atoms with Gasteiger partial charge in [0.25, 0.3) is 0 Å². The third-order valence-electron chi connectivity index (χ3n) is 2.43. The van der Waals surface area contributed by atoms with E-state index in [4.69, 9.17) is 11.6 Å². The molecule has 2 rings (SSSR count). The fourth-order valence-electron chi connectivity index (χ4n) is 1.46. The molecule has 2 aromatic rings. The molecule has 20 heavy (non-hydrogen) atoms. The van der Waals surface area contributed by atoms with E-state index in [1.54, 1.807) is 48.5 Å². The van der Waals surface area contributed by atoms with Crippen molar-refractivity contribution in [3.8, 4) is 0 Å². The van der Waals surface area contributed by atoms with Crippen LogP contribution in [0.25, 0.3) is 0 Å². The summed E-state index contributed by atoms with van der Waals surface area (Å²) in [7, 11) is 0. The Hall–Kier alpha value is -1.85. The summed E-state index contributed by atoms with van der Waals surface area (Å²) >= 11 is 9.19. The number of carbonyl (C=O) groups is 2. The van der Waals surface area contributed by atoms with Crippen LogP contribution in [-0.2, 0) is 9.59 Å². The number of benzene rings is 2. The molecule has 0 aliphatic rings. The van der Waals surface area contributed by atoms with E-state index in [-0.39, 0.29) is 0 Å². The molecule has 0 fully saturated rings. The largest absolute Gasteiger partial charge is 0.318 e. The van der Waals surface area contributed by atoms with Gasteiger partial charge in [-0.25, -0.2) is 0 Å². The normalized spacial score (nSPS) is 9.90. The zero-order valence-electron chi connectivity index (χ0n) is 10.2. The number of amides is 2. The van der Waals surface area contributed by atoms with Crippen molar-refractivity contribution in [2.45, 2.75) is 0 Å². The van der Waals surface area contributed by atoms with Crippen LogP contribution in [0.5, 0.6) is 0 Å². The lowest BCUT2D eigenvalue weighted by atomic mass is 10.3. The van der Waals surface area contributed by atoms with Crippen molar-refractivity contribution in [1.82, 2.24) is 0 Å². The Bertz CT molecular complexity index is 644. The van der Waals surface area contributed by atoms with Crippen LogP contribution in [0, 0.1) is 0 Å². The number of rotatable bonds is 2. The van der Waals surface area contributed by atoms with Gasteiger partial charge < -0.3 is 10.6 Å². The maximum absolute atomic E-state index is 11.7. The molecule has 102 valence electrons. The number of hydrogen-bond acceptors (Lipinski definition) is 2. The van der Waals surface area contributed by atoms with Gasteiger partial charge in [0.1, 0.15) is 0 Å². The summed E-state index contributed by atoms with van der Waals surface area (Å²) in [5.41, 5.74) is 0.928. The third-order valence-corrected chi connectivity index (χ3v) is 3.29. The first-order valence-electron chi connectivity index (χ1n) is 5.68. The molecule has 2 amide bonds. The van der Waals surface area contributed by atoms with E-state index in [0.717, 1.165) is 4.47 Å². The number of hydrogen-bond donors (Lipinski definition) is 2. The van der Waals surface area contributed by atoms with E-state index in [9.17, 15) is 9.59 Å². The van der Waals surface area contributed by atoms with E-state index < -0.39 is 11.8 Å². The number of halogens is 2. The molecule has 0 saturated heterocycles. The van der Waals surface area contributed by atoms with E-state index in [2.05, 4.69) is 26.6 Å². The van der Waals surface area contributed by atoms with Gasteiger partial charge in [-0.2, -0.15) is 0 Å². The van der Waals surface area contributed by atoms with E-state index in [1.165, 1.54) is 0 Å². The molecule has 2 aromatic carbocycles. The Morgan fingerprint density at radius 3 is 2.15 bits per heavy atom. The van der Waals surface area contributed by atoms with E-state index in [0.29, 0.717) is 16.4 Å². The van der Waals surface area contributed by atoms with Crippen molar-refractivity contribution >= 4 is 50.7 Å². The minimum atomic E-state index is -0.777. The fraction of sp³-hybridized carbons (Fsp3) is 0. The number of anilines is 2. The van der Waals surface area contributed by atoms with Crippen LogP contribution in [0.15, 0.2) is 53.0 Å². The van der Waals surface area contributed by atoms with Gasteiger partial charge in [-0.05, 0) is 36.4 Å². The first-order valence-corrected chi connectivity index (χ1v) is 6.86. The third kappa shape index (κ3) is 3.82. The van der Waals surface area contributed by atoms with Gasteiger partial charge in [0, 0.05) is 10.2 Å². The second kappa shape index (κ2) is 6.54. The highest BCUT2D eigenvalue weighted by atomic mass is 79.9. The van der Waals surface area contributed by atoms with E-state index in [1.807, 2.05) is 0 Å².